The fourth-order valence-electron chi connectivity index (χ4n) is 3.58. The van der Waals surface area contributed by atoms with Gasteiger partial charge in [0, 0.05) is 0 Å². The Morgan fingerprint density at radius 1 is 1.37 bits per heavy atom. The zero-order valence-electron chi connectivity index (χ0n) is 12.7. The van der Waals surface area contributed by atoms with E-state index in [0.717, 1.165) is 37.2 Å². The van der Waals surface area contributed by atoms with Crippen LogP contribution in [0.3, 0.4) is 0 Å². The molecule has 1 aromatic carbocycles. The van der Waals surface area contributed by atoms with Gasteiger partial charge in [0.25, 0.3) is 0 Å². The van der Waals surface area contributed by atoms with Gasteiger partial charge in [0.15, 0.2) is 0 Å². The monoisotopic (exact) mass is 260 g/mol. The van der Waals surface area contributed by atoms with Crippen LogP contribution in [-0.2, 0) is 12.0 Å². The van der Waals surface area contributed by atoms with E-state index < -0.39 is 5.60 Å². The van der Waals surface area contributed by atoms with Crippen LogP contribution in [0, 0.1) is 11.8 Å². The van der Waals surface area contributed by atoms with Crippen LogP contribution >= 0.6 is 0 Å². The van der Waals surface area contributed by atoms with Crippen molar-refractivity contribution >= 4 is 0 Å². The van der Waals surface area contributed by atoms with Crippen molar-refractivity contribution < 1.29 is 5.11 Å². The molecule has 0 aromatic heterocycles. The summed E-state index contributed by atoms with van der Waals surface area (Å²) in [5.74, 6) is 1.42. The molecular weight excluding hydrogens is 232 g/mol. The highest BCUT2D eigenvalue weighted by atomic mass is 16.3. The minimum atomic E-state index is -0.580. The van der Waals surface area contributed by atoms with Gasteiger partial charge in [-0.25, -0.2) is 0 Å². The molecule has 19 heavy (non-hydrogen) atoms. The van der Waals surface area contributed by atoms with Crippen LogP contribution in [0.1, 0.15) is 64.0 Å². The summed E-state index contributed by atoms with van der Waals surface area (Å²) in [4.78, 5) is 0. The average molecular weight is 260 g/mol. The fourth-order valence-corrected chi connectivity index (χ4v) is 3.58. The first kappa shape index (κ1) is 14.6. The van der Waals surface area contributed by atoms with Gasteiger partial charge in [-0.05, 0) is 55.1 Å². The number of aliphatic hydroxyl groups is 1. The average Bonchev–Trinajstić information content (AvgIpc) is 2.38. The first-order chi connectivity index (χ1) is 9.03. The molecule has 1 nitrogen and oxygen atoms in total. The molecule has 106 valence electrons. The summed E-state index contributed by atoms with van der Waals surface area (Å²) in [5, 5.41) is 11.0. The molecule has 2 atom stereocenters. The molecule has 0 bridgehead atoms. The molecule has 1 fully saturated rings. The van der Waals surface area contributed by atoms with Crippen molar-refractivity contribution in [3.63, 3.8) is 0 Å². The van der Waals surface area contributed by atoms with E-state index in [1.165, 1.54) is 18.4 Å². The second kappa shape index (κ2) is 6.09. The molecule has 2 rings (SSSR count). The summed E-state index contributed by atoms with van der Waals surface area (Å²) in [5.41, 5.74) is 1.89. The van der Waals surface area contributed by atoms with Gasteiger partial charge >= 0.3 is 0 Å². The van der Waals surface area contributed by atoms with Crippen molar-refractivity contribution in [3.05, 3.63) is 35.4 Å². The number of hydrogen-bond donors (Lipinski definition) is 1. The molecule has 0 spiro atoms. The Balaban J connectivity index is 2.16. The first-order valence-corrected chi connectivity index (χ1v) is 7.85. The van der Waals surface area contributed by atoms with Crippen LogP contribution in [0.15, 0.2) is 24.3 Å². The zero-order chi connectivity index (χ0) is 13.9. The van der Waals surface area contributed by atoms with Gasteiger partial charge in [-0.2, -0.15) is 0 Å². The second-order valence-electron chi connectivity index (χ2n) is 6.68. The number of benzene rings is 1. The summed E-state index contributed by atoms with van der Waals surface area (Å²) in [6.07, 6.45) is 6.60. The van der Waals surface area contributed by atoms with E-state index in [1.807, 2.05) is 0 Å². The Morgan fingerprint density at radius 3 is 2.84 bits per heavy atom. The predicted octanol–water partition coefficient (Wildman–Crippen LogP) is 4.67. The standard InChI is InChI=1S/C18H28O/c1-4-15-7-5-9-17(12-15)18(19)10-6-8-16(13-18)11-14(2)3/h5,7,9,12,14,16,19H,4,6,8,10-11,13H2,1-3H3. The highest BCUT2D eigenvalue weighted by Crippen LogP contribution is 2.42. The lowest BCUT2D eigenvalue weighted by atomic mass is 9.72. The maximum atomic E-state index is 11.0. The second-order valence-corrected chi connectivity index (χ2v) is 6.68. The van der Waals surface area contributed by atoms with Gasteiger partial charge in [-0.15, -0.1) is 0 Å². The van der Waals surface area contributed by atoms with Crippen LogP contribution in [0.25, 0.3) is 0 Å². The largest absolute Gasteiger partial charge is 0.385 e. The first-order valence-electron chi connectivity index (χ1n) is 7.85. The lowest BCUT2D eigenvalue weighted by Crippen LogP contribution is -2.33. The third kappa shape index (κ3) is 3.60. The molecule has 1 aliphatic carbocycles. The Kier molecular flexibility index (Phi) is 4.67. The molecule has 0 saturated heterocycles. The molecule has 1 heteroatoms. The van der Waals surface area contributed by atoms with Crippen LogP contribution in [-0.4, -0.2) is 5.11 Å². The van der Waals surface area contributed by atoms with Crippen molar-refractivity contribution in [2.75, 3.05) is 0 Å². The van der Waals surface area contributed by atoms with E-state index in [-0.39, 0.29) is 0 Å². The van der Waals surface area contributed by atoms with Gasteiger partial charge in [0.1, 0.15) is 0 Å². The van der Waals surface area contributed by atoms with E-state index in [0.29, 0.717) is 5.92 Å². The quantitative estimate of drug-likeness (QED) is 0.834. The summed E-state index contributed by atoms with van der Waals surface area (Å²) in [7, 11) is 0. The van der Waals surface area contributed by atoms with E-state index in [1.54, 1.807) is 0 Å². The van der Waals surface area contributed by atoms with Crippen molar-refractivity contribution in [2.45, 2.75) is 64.9 Å². The molecule has 0 radical (unpaired) electrons. The molecule has 2 unspecified atom stereocenters. The SMILES string of the molecule is CCc1cccc(C2(O)CCCC(CC(C)C)C2)c1. The Morgan fingerprint density at radius 2 is 2.16 bits per heavy atom. The Labute approximate surface area is 118 Å². The van der Waals surface area contributed by atoms with Gasteiger partial charge in [0.05, 0.1) is 5.60 Å². The van der Waals surface area contributed by atoms with Crippen molar-refractivity contribution in [3.8, 4) is 0 Å². The van der Waals surface area contributed by atoms with Crippen molar-refractivity contribution in [2.24, 2.45) is 11.8 Å². The minimum absolute atomic E-state index is 0.580. The topological polar surface area (TPSA) is 20.2 Å². The van der Waals surface area contributed by atoms with E-state index in [2.05, 4.69) is 45.0 Å². The Hall–Kier alpha value is -0.820. The molecule has 1 N–H and O–H groups in total. The smallest absolute Gasteiger partial charge is 0.0899 e. The molecule has 0 amide bonds. The normalized spacial score (nSPS) is 27.7. The lowest BCUT2D eigenvalue weighted by Gasteiger charge is -2.38. The number of aryl methyl sites for hydroxylation is 1. The summed E-state index contributed by atoms with van der Waals surface area (Å²) in [6.45, 7) is 6.74. The fraction of sp³-hybridized carbons (Fsp3) is 0.667. The maximum absolute atomic E-state index is 11.0. The van der Waals surface area contributed by atoms with Crippen molar-refractivity contribution in [1.29, 1.82) is 0 Å². The molecule has 1 aliphatic rings. The van der Waals surface area contributed by atoms with E-state index >= 15 is 0 Å². The van der Waals surface area contributed by atoms with Crippen LogP contribution in [0.4, 0.5) is 0 Å². The van der Waals surface area contributed by atoms with Gasteiger partial charge < -0.3 is 5.11 Å². The lowest BCUT2D eigenvalue weighted by molar-refractivity contribution is -0.0245. The van der Waals surface area contributed by atoms with E-state index in [4.69, 9.17) is 0 Å². The summed E-state index contributed by atoms with van der Waals surface area (Å²) >= 11 is 0. The Bertz CT molecular complexity index is 410. The maximum Gasteiger partial charge on any atom is 0.0899 e. The zero-order valence-corrected chi connectivity index (χ0v) is 12.7. The molecule has 0 aliphatic heterocycles. The van der Waals surface area contributed by atoms with Gasteiger partial charge in [-0.3, -0.25) is 0 Å². The third-order valence-corrected chi connectivity index (χ3v) is 4.51. The van der Waals surface area contributed by atoms with Gasteiger partial charge in [-0.1, -0.05) is 51.5 Å². The number of rotatable bonds is 4. The highest BCUT2D eigenvalue weighted by molar-refractivity contribution is 5.28. The molecular formula is C18H28O. The highest BCUT2D eigenvalue weighted by Gasteiger charge is 2.35. The number of hydrogen-bond acceptors (Lipinski definition) is 1. The third-order valence-electron chi connectivity index (χ3n) is 4.51. The summed E-state index contributed by atoms with van der Waals surface area (Å²) in [6, 6.07) is 8.56. The van der Waals surface area contributed by atoms with Crippen LogP contribution in [0.2, 0.25) is 0 Å². The molecule has 0 heterocycles. The molecule has 1 aromatic rings. The summed E-state index contributed by atoms with van der Waals surface area (Å²) < 4.78 is 0. The molecule has 1 saturated carbocycles. The minimum Gasteiger partial charge on any atom is -0.385 e. The van der Waals surface area contributed by atoms with Gasteiger partial charge in [0.2, 0.25) is 0 Å². The van der Waals surface area contributed by atoms with Crippen molar-refractivity contribution in [1.82, 2.24) is 0 Å². The van der Waals surface area contributed by atoms with E-state index in [9.17, 15) is 5.11 Å². The van der Waals surface area contributed by atoms with Crippen LogP contribution in [0.5, 0.6) is 0 Å². The van der Waals surface area contributed by atoms with Crippen LogP contribution < -0.4 is 0 Å². The predicted molar refractivity (Wildman–Crippen MR) is 81.1 cm³/mol.